The quantitative estimate of drug-likeness (QED) is 0.571. The van der Waals surface area contributed by atoms with Crippen molar-refractivity contribution in [3.63, 3.8) is 0 Å². The van der Waals surface area contributed by atoms with Gasteiger partial charge in [0.05, 0.1) is 11.4 Å². The Labute approximate surface area is 82.6 Å². The van der Waals surface area contributed by atoms with E-state index in [-0.39, 0.29) is 0 Å². The van der Waals surface area contributed by atoms with Gasteiger partial charge in [-0.3, -0.25) is 0 Å². The molecule has 72 valence electrons. The molecule has 0 amide bonds. The first-order valence-corrected chi connectivity index (χ1v) is 5.14. The molecule has 0 unspecified atom stereocenters. The van der Waals surface area contributed by atoms with Crippen LogP contribution in [0.5, 0.6) is 0 Å². The number of hydrogen-bond donors (Lipinski definition) is 1. The van der Waals surface area contributed by atoms with Gasteiger partial charge in [0.15, 0.2) is 11.0 Å². The summed E-state index contributed by atoms with van der Waals surface area (Å²) in [6.45, 7) is 1.89. The average Bonchev–Trinajstić information content (AvgIpc) is 2.09. The Bertz CT molecular complexity index is 311. The molecule has 0 aliphatic carbocycles. The number of nitrogens with zero attached hydrogens (tertiary/aromatic N) is 3. The van der Waals surface area contributed by atoms with Crippen LogP contribution in [0.4, 0.5) is 11.5 Å². The topological polar surface area (TPSA) is 55.0 Å². The van der Waals surface area contributed by atoms with Crippen molar-refractivity contribution in [2.75, 3.05) is 31.0 Å². The van der Waals surface area contributed by atoms with Crippen molar-refractivity contribution in [3.8, 4) is 0 Å². The second kappa shape index (κ2) is 3.83. The van der Waals surface area contributed by atoms with Crippen LogP contribution in [0.25, 0.3) is 0 Å². The second-order valence-corrected chi connectivity index (χ2v) is 3.70. The van der Waals surface area contributed by atoms with Crippen LogP contribution >= 0.6 is 11.8 Å². The maximum absolute atomic E-state index is 5.83. The SMILES string of the molecule is CSc1nc(C)c(N)c(N(C)C)n1. The lowest BCUT2D eigenvalue weighted by molar-refractivity contribution is 0.910. The largest absolute Gasteiger partial charge is 0.394 e. The Morgan fingerprint density at radius 3 is 2.38 bits per heavy atom. The second-order valence-electron chi connectivity index (χ2n) is 2.93. The molecular weight excluding hydrogens is 184 g/mol. The van der Waals surface area contributed by atoms with Crippen LogP contribution in [-0.2, 0) is 0 Å². The van der Waals surface area contributed by atoms with E-state index in [1.165, 1.54) is 11.8 Å². The summed E-state index contributed by atoms with van der Waals surface area (Å²) in [6.07, 6.45) is 1.95. The molecular formula is C8H14N4S. The first-order chi connectivity index (χ1) is 6.06. The van der Waals surface area contributed by atoms with E-state index >= 15 is 0 Å². The molecule has 0 bridgehead atoms. The van der Waals surface area contributed by atoms with Gasteiger partial charge < -0.3 is 10.6 Å². The maximum atomic E-state index is 5.83. The number of aryl methyl sites for hydroxylation is 1. The monoisotopic (exact) mass is 198 g/mol. The van der Waals surface area contributed by atoms with Gasteiger partial charge in [0.25, 0.3) is 0 Å². The molecule has 5 heteroatoms. The highest BCUT2D eigenvalue weighted by atomic mass is 32.2. The van der Waals surface area contributed by atoms with Crippen LogP contribution in [0.1, 0.15) is 5.69 Å². The zero-order chi connectivity index (χ0) is 10.0. The highest BCUT2D eigenvalue weighted by molar-refractivity contribution is 7.98. The molecule has 0 aliphatic rings. The third-order valence-corrected chi connectivity index (χ3v) is 2.25. The van der Waals surface area contributed by atoms with Gasteiger partial charge in [0, 0.05) is 14.1 Å². The predicted molar refractivity (Wildman–Crippen MR) is 57.3 cm³/mol. The minimum absolute atomic E-state index is 0.655. The van der Waals surface area contributed by atoms with Gasteiger partial charge in [0.2, 0.25) is 0 Å². The van der Waals surface area contributed by atoms with Crippen molar-refractivity contribution in [3.05, 3.63) is 5.69 Å². The molecule has 0 radical (unpaired) electrons. The molecule has 0 spiro atoms. The smallest absolute Gasteiger partial charge is 0.189 e. The zero-order valence-corrected chi connectivity index (χ0v) is 9.14. The predicted octanol–water partition coefficient (Wildman–Crippen LogP) is 1.16. The van der Waals surface area contributed by atoms with E-state index in [1.54, 1.807) is 0 Å². The molecule has 1 aromatic rings. The van der Waals surface area contributed by atoms with Crippen molar-refractivity contribution in [1.82, 2.24) is 9.97 Å². The maximum Gasteiger partial charge on any atom is 0.189 e. The molecule has 0 aliphatic heterocycles. The summed E-state index contributed by atoms with van der Waals surface area (Å²) in [4.78, 5) is 10.4. The van der Waals surface area contributed by atoms with E-state index in [0.29, 0.717) is 5.69 Å². The Morgan fingerprint density at radius 1 is 1.31 bits per heavy atom. The Morgan fingerprint density at radius 2 is 1.92 bits per heavy atom. The third-order valence-electron chi connectivity index (χ3n) is 1.70. The number of nitrogens with two attached hydrogens (primary N) is 1. The van der Waals surface area contributed by atoms with Gasteiger partial charge in [-0.1, -0.05) is 11.8 Å². The van der Waals surface area contributed by atoms with Gasteiger partial charge in [-0.2, -0.15) is 0 Å². The van der Waals surface area contributed by atoms with Gasteiger partial charge in [0.1, 0.15) is 0 Å². The van der Waals surface area contributed by atoms with E-state index in [9.17, 15) is 0 Å². The third kappa shape index (κ3) is 2.03. The van der Waals surface area contributed by atoms with E-state index in [1.807, 2.05) is 32.2 Å². The highest BCUT2D eigenvalue weighted by Crippen LogP contribution is 2.23. The fraction of sp³-hybridized carbons (Fsp3) is 0.500. The van der Waals surface area contributed by atoms with Crippen molar-refractivity contribution in [1.29, 1.82) is 0 Å². The fourth-order valence-electron chi connectivity index (χ4n) is 0.974. The molecule has 0 aromatic carbocycles. The highest BCUT2D eigenvalue weighted by Gasteiger charge is 2.09. The summed E-state index contributed by atoms with van der Waals surface area (Å²) < 4.78 is 0. The molecule has 4 nitrogen and oxygen atoms in total. The summed E-state index contributed by atoms with van der Waals surface area (Å²) in [5.41, 5.74) is 7.32. The molecule has 1 heterocycles. The standard InChI is InChI=1S/C8H14N4S/c1-5-6(9)7(12(2)3)11-8(10-5)13-4/h9H2,1-4H3. The van der Waals surface area contributed by atoms with Crippen molar-refractivity contribution in [2.24, 2.45) is 0 Å². The first-order valence-electron chi connectivity index (χ1n) is 3.91. The van der Waals surface area contributed by atoms with Crippen LogP contribution in [0.2, 0.25) is 0 Å². The lowest BCUT2D eigenvalue weighted by Crippen LogP contribution is -2.15. The van der Waals surface area contributed by atoms with Crippen molar-refractivity contribution < 1.29 is 0 Å². The summed E-state index contributed by atoms with van der Waals surface area (Å²) in [7, 11) is 3.84. The Kier molecular flexibility index (Phi) is 2.98. The first kappa shape index (κ1) is 10.1. The van der Waals surface area contributed by atoms with Crippen LogP contribution in [0, 0.1) is 6.92 Å². The fourth-order valence-corrected chi connectivity index (χ4v) is 1.38. The number of anilines is 2. The number of hydrogen-bond acceptors (Lipinski definition) is 5. The summed E-state index contributed by atoms with van der Waals surface area (Å²) in [6, 6.07) is 0. The summed E-state index contributed by atoms with van der Waals surface area (Å²) >= 11 is 1.52. The molecule has 2 N–H and O–H groups in total. The molecule has 0 saturated carbocycles. The lowest BCUT2D eigenvalue weighted by Gasteiger charge is -2.15. The number of rotatable bonds is 2. The minimum atomic E-state index is 0.655. The van der Waals surface area contributed by atoms with E-state index in [2.05, 4.69) is 9.97 Å². The minimum Gasteiger partial charge on any atom is -0.394 e. The Hall–Kier alpha value is -0.970. The summed E-state index contributed by atoms with van der Waals surface area (Å²) in [5.74, 6) is 0.789. The molecule has 1 aromatic heterocycles. The zero-order valence-electron chi connectivity index (χ0n) is 8.33. The average molecular weight is 198 g/mol. The van der Waals surface area contributed by atoms with Gasteiger partial charge >= 0.3 is 0 Å². The van der Waals surface area contributed by atoms with Gasteiger partial charge in [-0.15, -0.1) is 0 Å². The number of aromatic nitrogens is 2. The van der Waals surface area contributed by atoms with E-state index in [0.717, 1.165) is 16.7 Å². The number of thioether (sulfide) groups is 1. The van der Waals surface area contributed by atoms with Gasteiger partial charge in [-0.25, -0.2) is 9.97 Å². The van der Waals surface area contributed by atoms with E-state index < -0.39 is 0 Å². The van der Waals surface area contributed by atoms with Crippen LogP contribution in [0.3, 0.4) is 0 Å². The normalized spacial score (nSPS) is 10.2. The van der Waals surface area contributed by atoms with Crippen molar-refractivity contribution >= 4 is 23.3 Å². The van der Waals surface area contributed by atoms with E-state index in [4.69, 9.17) is 5.73 Å². The lowest BCUT2D eigenvalue weighted by atomic mass is 10.3. The van der Waals surface area contributed by atoms with Crippen LogP contribution in [0.15, 0.2) is 5.16 Å². The molecule has 1 rings (SSSR count). The molecule has 13 heavy (non-hydrogen) atoms. The number of nitrogen functional groups attached to an aromatic ring is 1. The van der Waals surface area contributed by atoms with Crippen molar-refractivity contribution in [2.45, 2.75) is 12.1 Å². The summed E-state index contributed by atoms with van der Waals surface area (Å²) in [5, 5.41) is 0.760. The molecule has 0 saturated heterocycles. The molecule has 0 fully saturated rings. The van der Waals surface area contributed by atoms with Crippen LogP contribution < -0.4 is 10.6 Å². The Balaban J connectivity index is 3.25. The molecule has 0 atom stereocenters. The van der Waals surface area contributed by atoms with Gasteiger partial charge in [-0.05, 0) is 13.2 Å². The van der Waals surface area contributed by atoms with Crippen LogP contribution in [-0.4, -0.2) is 30.3 Å².